The molecule has 0 bridgehead atoms. The van der Waals surface area contributed by atoms with Crippen molar-refractivity contribution in [2.75, 3.05) is 0 Å². The first-order chi connectivity index (χ1) is 6.25. The van der Waals surface area contributed by atoms with E-state index in [-0.39, 0.29) is 0 Å². The fraction of sp³-hybridized carbons (Fsp3) is 0.700. The number of hydrogen-bond donors (Lipinski definition) is 1. The van der Waals surface area contributed by atoms with Crippen molar-refractivity contribution in [1.82, 2.24) is 9.55 Å². The lowest BCUT2D eigenvalue weighted by Crippen LogP contribution is -2.03. The molecule has 2 nitrogen and oxygen atoms in total. The number of nitrogens with zero attached hydrogens (tertiary/aromatic N) is 1. The summed E-state index contributed by atoms with van der Waals surface area (Å²) in [5.74, 6) is 0. The quantitative estimate of drug-likeness (QED) is 0.565. The number of aromatic nitrogens is 2. The molecule has 13 heavy (non-hydrogen) atoms. The van der Waals surface area contributed by atoms with E-state index in [1.54, 1.807) is 0 Å². The van der Waals surface area contributed by atoms with Gasteiger partial charge in [-0.3, -0.25) is 0 Å². The zero-order chi connectivity index (χ0) is 9.68. The molecule has 0 aliphatic rings. The summed E-state index contributed by atoms with van der Waals surface area (Å²) >= 11 is 5.15. The topological polar surface area (TPSA) is 20.7 Å². The van der Waals surface area contributed by atoms with Crippen LogP contribution >= 0.6 is 12.2 Å². The van der Waals surface area contributed by atoms with Crippen LogP contribution in [-0.2, 0) is 0 Å². The second-order valence-corrected chi connectivity index (χ2v) is 3.90. The van der Waals surface area contributed by atoms with Gasteiger partial charge in [-0.05, 0) is 25.6 Å². The highest BCUT2D eigenvalue weighted by molar-refractivity contribution is 7.71. The summed E-state index contributed by atoms with van der Waals surface area (Å²) < 4.78 is 2.97. The molecule has 1 N–H and O–H groups in total. The first-order valence-corrected chi connectivity index (χ1v) is 5.42. The maximum atomic E-state index is 5.15. The second-order valence-electron chi connectivity index (χ2n) is 3.52. The molecule has 0 fully saturated rings. The van der Waals surface area contributed by atoms with E-state index in [2.05, 4.69) is 23.4 Å². The minimum Gasteiger partial charge on any atom is -0.337 e. The lowest BCUT2D eigenvalue weighted by atomic mass is 10.1. The van der Waals surface area contributed by atoms with Crippen molar-refractivity contribution in [3.63, 3.8) is 0 Å². The fourth-order valence-electron chi connectivity index (χ4n) is 1.51. The van der Waals surface area contributed by atoms with Crippen molar-refractivity contribution in [2.24, 2.45) is 0 Å². The monoisotopic (exact) mass is 198 g/mol. The molecular weight excluding hydrogens is 180 g/mol. The highest BCUT2D eigenvalue weighted by Gasteiger charge is 2.03. The molecule has 0 saturated carbocycles. The van der Waals surface area contributed by atoms with Gasteiger partial charge in [-0.2, -0.15) is 0 Å². The number of H-pyrrole nitrogens is 1. The van der Waals surface area contributed by atoms with E-state index in [0.29, 0.717) is 6.04 Å². The Labute approximate surface area is 85.0 Å². The van der Waals surface area contributed by atoms with Crippen LogP contribution < -0.4 is 0 Å². The Balaban J connectivity index is 2.44. The number of hydrogen-bond acceptors (Lipinski definition) is 1. The Morgan fingerprint density at radius 2 is 2.31 bits per heavy atom. The summed E-state index contributed by atoms with van der Waals surface area (Å²) in [6, 6.07) is 0.533. The average molecular weight is 198 g/mol. The van der Waals surface area contributed by atoms with Crippen LogP contribution in [0.1, 0.15) is 45.6 Å². The van der Waals surface area contributed by atoms with Crippen molar-refractivity contribution in [2.45, 2.75) is 45.6 Å². The molecule has 0 aromatic carbocycles. The molecule has 1 aromatic heterocycles. The number of imidazole rings is 1. The third kappa shape index (κ3) is 2.99. The summed E-state index contributed by atoms with van der Waals surface area (Å²) in [4.78, 5) is 3.02. The number of rotatable bonds is 5. The summed E-state index contributed by atoms with van der Waals surface area (Å²) in [6.45, 7) is 4.45. The summed E-state index contributed by atoms with van der Waals surface area (Å²) in [7, 11) is 0. The van der Waals surface area contributed by atoms with Gasteiger partial charge in [0.15, 0.2) is 4.77 Å². The van der Waals surface area contributed by atoms with Gasteiger partial charge in [-0.25, -0.2) is 0 Å². The molecule has 1 atom stereocenters. The Kier molecular flexibility index (Phi) is 4.22. The molecule has 3 heteroatoms. The van der Waals surface area contributed by atoms with Crippen molar-refractivity contribution in [1.29, 1.82) is 0 Å². The second kappa shape index (κ2) is 5.22. The molecule has 0 radical (unpaired) electrons. The van der Waals surface area contributed by atoms with E-state index in [9.17, 15) is 0 Å². The molecule has 1 rings (SSSR count). The molecule has 0 saturated heterocycles. The van der Waals surface area contributed by atoms with Gasteiger partial charge in [0, 0.05) is 18.4 Å². The highest BCUT2D eigenvalue weighted by Crippen LogP contribution is 2.14. The molecule has 0 aliphatic heterocycles. The average Bonchev–Trinajstić information content (AvgIpc) is 2.52. The van der Waals surface area contributed by atoms with Gasteiger partial charge in [0.2, 0.25) is 0 Å². The van der Waals surface area contributed by atoms with E-state index in [1.807, 2.05) is 12.4 Å². The van der Waals surface area contributed by atoms with Crippen molar-refractivity contribution >= 4 is 12.2 Å². The first kappa shape index (κ1) is 10.5. The van der Waals surface area contributed by atoms with Crippen LogP contribution in [0.2, 0.25) is 0 Å². The lowest BCUT2D eigenvalue weighted by molar-refractivity contribution is 0.473. The smallest absolute Gasteiger partial charge is 0.177 e. The van der Waals surface area contributed by atoms with Gasteiger partial charge in [-0.1, -0.05) is 26.2 Å². The van der Waals surface area contributed by atoms with Crippen molar-refractivity contribution < 1.29 is 0 Å². The summed E-state index contributed by atoms with van der Waals surface area (Å²) in [5.41, 5.74) is 0. The van der Waals surface area contributed by atoms with E-state index in [1.165, 1.54) is 25.7 Å². The Morgan fingerprint density at radius 1 is 1.54 bits per heavy atom. The predicted octanol–water partition coefficient (Wildman–Crippen LogP) is 3.69. The molecule has 1 unspecified atom stereocenters. The van der Waals surface area contributed by atoms with Gasteiger partial charge < -0.3 is 9.55 Å². The number of aromatic amines is 1. The van der Waals surface area contributed by atoms with Gasteiger partial charge in [0.05, 0.1) is 0 Å². The molecule has 0 aliphatic carbocycles. The van der Waals surface area contributed by atoms with Crippen LogP contribution in [0.25, 0.3) is 0 Å². The summed E-state index contributed by atoms with van der Waals surface area (Å²) in [6.07, 6.45) is 9.05. The summed E-state index contributed by atoms with van der Waals surface area (Å²) in [5, 5.41) is 0. The molecule has 1 heterocycles. The maximum Gasteiger partial charge on any atom is 0.177 e. The number of unbranched alkanes of at least 4 members (excludes halogenated alkanes) is 2. The van der Waals surface area contributed by atoms with Crippen LogP contribution in [0, 0.1) is 4.77 Å². The van der Waals surface area contributed by atoms with E-state index >= 15 is 0 Å². The normalized spacial score (nSPS) is 13.1. The van der Waals surface area contributed by atoms with Crippen LogP contribution in [0.15, 0.2) is 12.4 Å². The molecular formula is C10H18N2S. The Morgan fingerprint density at radius 3 is 2.85 bits per heavy atom. The van der Waals surface area contributed by atoms with E-state index in [0.717, 1.165) is 4.77 Å². The SMILES string of the molecule is CCCCCC(C)n1cc[nH]c1=S. The third-order valence-corrected chi connectivity index (χ3v) is 2.71. The van der Waals surface area contributed by atoms with Crippen LogP contribution in [0.4, 0.5) is 0 Å². The molecule has 0 spiro atoms. The Bertz CT molecular complexity index is 287. The first-order valence-electron chi connectivity index (χ1n) is 5.01. The van der Waals surface area contributed by atoms with Crippen LogP contribution in [0.3, 0.4) is 0 Å². The van der Waals surface area contributed by atoms with Gasteiger partial charge in [0.1, 0.15) is 0 Å². The van der Waals surface area contributed by atoms with E-state index in [4.69, 9.17) is 12.2 Å². The van der Waals surface area contributed by atoms with Gasteiger partial charge in [-0.15, -0.1) is 0 Å². The third-order valence-electron chi connectivity index (χ3n) is 2.38. The van der Waals surface area contributed by atoms with Gasteiger partial charge >= 0.3 is 0 Å². The van der Waals surface area contributed by atoms with Crippen LogP contribution in [-0.4, -0.2) is 9.55 Å². The number of nitrogens with one attached hydrogen (secondary N) is 1. The fourth-order valence-corrected chi connectivity index (χ4v) is 1.82. The highest BCUT2D eigenvalue weighted by atomic mass is 32.1. The van der Waals surface area contributed by atoms with Crippen molar-refractivity contribution in [3.05, 3.63) is 17.2 Å². The largest absolute Gasteiger partial charge is 0.337 e. The Hall–Kier alpha value is -0.570. The van der Waals surface area contributed by atoms with Crippen LogP contribution in [0.5, 0.6) is 0 Å². The zero-order valence-corrected chi connectivity index (χ0v) is 9.23. The maximum absolute atomic E-state index is 5.15. The van der Waals surface area contributed by atoms with Gasteiger partial charge in [0.25, 0.3) is 0 Å². The molecule has 0 amide bonds. The van der Waals surface area contributed by atoms with E-state index < -0.39 is 0 Å². The standard InChI is InChI=1S/C10H18N2S/c1-3-4-5-6-9(2)12-8-7-11-10(12)13/h7-9H,3-6H2,1-2H3,(H,11,13). The predicted molar refractivity (Wildman–Crippen MR) is 58.5 cm³/mol. The zero-order valence-electron chi connectivity index (χ0n) is 8.42. The molecule has 1 aromatic rings. The minimum atomic E-state index is 0.533. The molecule has 74 valence electrons. The lowest BCUT2D eigenvalue weighted by Gasteiger charge is -2.12. The van der Waals surface area contributed by atoms with Crippen molar-refractivity contribution in [3.8, 4) is 0 Å². The minimum absolute atomic E-state index is 0.533.